The first kappa shape index (κ1) is 20.4. The number of nitrogens with one attached hydrogen (secondary N) is 1. The number of nitrogens with zero attached hydrogens (tertiary/aromatic N) is 3. The summed E-state index contributed by atoms with van der Waals surface area (Å²) in [7, 11) is 0. The number of phenols is 1. The van der Waals surface area contributed by atoms with Gasteiger partial charge in [-0.15, -0.1) is 0 Å². The number of aromatic amines is 1. The Morgan fingerprint density at radius 2 is 1.28 bits per heavy atom. The van der Waals surface area contributed by atoms with E-state index in [2.05, 4.69) is 74.7 Å². The summed E-state index contributed by atoms with van der Waals surface area (Å²) in [6.07, 6.45) is 3.59. The third-order valence-corrected chi connectivity index (χ3v) is 6.07. The molecule has 0 radical (unpaired) electrons. The van der Waals surface area contributed by atoms with E-state index in [-0.39, 0.29) is 10.8 Å². The van der Waals surface area contributed by atoms with Crippen LogP contribution in [0.25, 0.3) is 44.2 Å². The van der Waals surface area contributed by atoms with Crippen molar-refractivity contribution in [3.8, 4) is 17.1 Å². The van der Waals surface area contributed by atoms with Crippen molar-refractivity contribution in [3.05, 3.63) is 59.9 Å². The highest BCUT2D eigenvalue weighted by Crippen LogP contribution is 2.42. The van der Waals surface area contributed by atoms with Crippen molar-refractivity contribution >= 4 is 32.8 Å². The van der Waals surface area contributed by atoms with Crippen LogP contribution >= 0.6 is 0 Å². The lowest BCUT2D eigenvalue weighted by Gasteiger charge is -2.28. The summed E-state index contributed by atoms with van der Waals surface area (Å²) in [6, 6.07) is 12.1. The third kappa shape index (κ3) is 3.11. The standard InChI is InChI=1S/C27H28N4O/c1-26(2,3)18-13-15(14-19(24(18)32)27(4,5)6)25-30-22-16-9-7-11-28-20(16)21-17(23(22)31-25)10-8-12-29-21/h7-14,32H,1-6H3,(H,30,31). The van der Waals surface area contributed by atoms with E-state index in [0.29, 0.717) is 5.75 Å². The molecule has 0 saturated heterocycles. The van der Waals surface area contributed by atoms with Crippen LogP contribution in [0, 0.1) is 0 Å². The molecule has 0 aliphatic heterocycles. The van der Waals surface area contributed by atoms with Crippen molar-refractivity contribution < 1.29 is 5.11 Å². The summed E-state index contributed by atoms with van der Waals surface area (Å²) < 4.78 is 0. The van der Waals surface area contributed by atoms with E-state index in [9.17, 15) is 5.11 Å². The fraction of sp³-hybridized carbons (Fsp3) is 0.296. The van der Waals surface area contributed by atoms with Crippen molar-refractivity contribution in [2.24, 2.45) is 0 Å². The van der Waals surface area contributed by atoms with Gasteiger partial charge in [0.15, 0.2) is 0 Å². The minimum Gasteiger partial charge on any atom is -0.507 e. The zero-order chi connectivity index (χ0) is 22.8. The van der Waals surface area contributed by atoms with Crippen molar-refractivity contribution in [2.75, 3.05) is 0 Å². The molecule has 5 aromatic rings. The first-order valence-corrected chi connectivity index (χ1v) is 10.9. The van der Waals surface area contributed by atoms with Gasteiger partial charge in [-0.25, -0.2) is 4.98 Å². The first-order valence-electron chi connectivity index (χ1n) is 10.9. The zero-order valence-corrected chi connectivity index (χ0v) is 19.4. The highest BCUT2D eigenvalue weighted by Gasteiger charge is 2.27. The monoisotopic (exact) mass is 424 g/mol. The van der Waals surface area contributed by atoms with Gasteiger partial charge in [0.25, 0.3) is 0 Å². The summed E-state index contributed by atoms with van der Waals surface area (Å²) >= 11 is 0. The number of H-pyrrole nitrogens is 1. The molecule has 0 aliphatic carbocycles. The van der Waals surface area contributed by atoms with Crippen LogP contribution in [0.15, 0.2) is 48.8 Å². The van der Waals surface area contributed by atoms with E-state index in [4.69, 9.17) is 4.98 Å². The number of pyridine rings is 2. The molecule has 0 atom stereocenters. The molecule has 5 rings (SSSR count). The van der Waals surface area contributed by atoms with E-state index < -0.39 is 0 Å². The maximum atomic E-state index is 11.1. The lowest BCUT2D eigenvalue weighted by Crippen LogP contribution is -2.17. The van der Waals surface area contributed by atoms with Gasteiger partial charge < -0.3 is 10.1 Å². The predicted molar refractivity (Wildman–Crippen MR) is 131 cm³/mol. The topological polar surface area (TPSA) is 74.7 Å². The average molecular weight is 425 g/mol. The van der Waals surface area contributed by atoms with E-state index in [1.807, 2.05) is 18.2 Å². The van der Waals surface area contributed by atoms with Crippen LogP contribution in [0.3, 0.4) is 0 Å². The molecule has 0 bridgehead atoms. The normalized spacial score (nSPS) is 12.8. The van der Waals surface area contributed by atoms with Gasteiger partial charge in [0.2, 0.25) is 0 Å². The second kappa shape index (κ2) is 6.76. The van der Waals surface area contributed by atoms with Crippen LogP contribution in [-0.4, -0.2) is 25.0 Å². The molecule has 0 spiro atoms. The van der Waals surface area contributed by atoms with Gasteiger partial charge in [-0.1, -0.05) is 41.5 Å². The third-order valence-electron chi connectivity index (χ3n) is 6.07. The maximum Gasteiger partial charge on any atom is 0.138 e. The highest BCUT2D eigenvalue weighted by atomic mass is 16.3. The molecular weight excluding hydrogens is 396 g/mol. The molecule has 0 unspecified atom stereocenters. The van der Waals surface area contributed by atoms with Crippen LogP contribution < -0.4 is 0 Å². The lowest BCUT2D eigenvalue weighted by molar-refractivity contribution is 0.423. The number of fused-ring (bicyclic) bond motifs is 6. The zero-order valence-electron chi connectivity index (χ0n) is 19.4. The van der Waals surface area contributed by atoms with Gasteiger partial charge in [-0.2, -0.15) is 0 Å². The van der Waals surface area contributed by atoms with Crippen molar-refractivity contribution in [3.63, 3.8) is 0 Å². The van der Waals surface area contributed by atoms with Crippen LogP contribution in [0.4, 0.5) is 0 Å². The summed E-state index contributed by atoms with van der Waals surface area (Å²) in [5, 5.41) is 13.1. The molecular formula is C27H28N4O. The molecule has 162 valence electrons. The number of benzene rings is 2. The smallest absolute Gasteiger partial charge is 0.138 e. The van der Waals surface area contributed by atoms with Crippen LogP contribution in [0.2, 0.25) is 0 Å². The van der Waals surface area contributed by atoms with E-state index >= 15 is 0 Å². The molecule has 0 fully saturated rings. The van der Waals surface area contributed by atoms with Gasteiger partial charge in [0, 0.05) is 39.9 Å². The summed E-state index contributed by atoms with van der Waals surface area (Å²) in [6.45, 7) is 12.7. The lowest BCUT2D eigenvalue weighted by atomic mass is 9.78. The fourth-order valence-corrected chi connectivity index (χ4v) is 4.40. The fourth-order valence-electron chi connectivity index (χ4n) is 4.40. The molecule has 0 aliphatic rings. The van der Waals surface area contributed by atoms with E-state index in [1.165, 1.54) is 0 Å². The molecule has 0 saturated carbocycles. The Labute approximate surface area is 187 Å². The first-order chi connectivity index (χ1) is 15.1. The second-order valence-electron chi connectivity index (χ2n) is 10.5. The van der Waals surface area contributed by atoms with Gasteiger partial charge in [-0.05, 0) is 47.2 Å². The summed E-state index contributed by atoms with van der Waals surface area (Å²) in [5.41, 5.74) is 5.92. The number of aromatic hydroxyl groups is 1. The van der Waals surface area contributed by atoms with E-state index in [1.54, 1.807) is 12.4 Å². The minimum atomic E-state index is -0.209. The Balaban J connectivity index is 1.87. The molecule has 5 nitrogen and oxygen atoms in total. The Hall–Kier alpha value is -3.47. The molecule has 0 amide bonds. The molecule has 32 heavy (non-hydrogen) atoms. The molecule has 2 N–H and O–H groups in total. The highest BCUT2D eigenvalue weighted by molar-refractivity contribution is 6.21. The molecule has 3 aromatic heterocycles. The Morgan fingerprint density at radius 3 is 1.84 bits per heavy atom. The summed E-state index contributed by atoms with van der Waals surface area (Å²) in [5.74, 6) is 1.15. The van der Waals surface area contributed by atoms with Crippen LogP contribution in [-0.2, 0) is 10.8 Å². The number of imidazole rings is 1. The van der Waals surface area contributed by atoms with Gasteiger partial charge in [0.05, 0.1) is 22.1 Å². The van der Waals surface area contributed by atoms with Crippen LogP contribution in [0.1, 0.15) is 52.7 Å². The largest absolute Gasteiger partial charge is 0.507 e. The number of hydrogen-bond donors (Lipinski definition) is 2. The van der Waals surface area contributed by atoms with Gasteiger partial charge in [-0.3, -0.25) is 9.97 Å². The molecule has 5 heteroatoms. The Kier molecular flexibility index (Phi) is 4.32. The van der Waals surface area contributed by atoms with Crippen molar-refractivity contribution in [1.29, 1.82) is 0 Å². The second-order valence-corrected chi connectivity index (χ2v) is 10.5. The SMILES string of the molecule is CC(C)(C)c1cc(-c2nc3c4cccnc4c4ncccc4c3[nH]2)cc(C(C)(C)C)c1O. The van der Waals surface area contributed by atoms with Gasteiger partial charge >= 0.3 is 0 Å². The van der Waals surface area contributed by atoms with Crippen molar-refractivity contribution in [2.45, 2.75) is 52.4 Å². The molecule has 3 heterocycles. The van der Waals surface area contributed by atoms with E-state index in [0.717, 1.165) is 55.4 Å². The quantitative estimate of drug-likeness (QED) is 0.296. The molecule has 2 aromatic carbocycles. The van der Waals surface area contributed by atoms with Crippen LogP contribution in [0.5, 0.6) is 5.75 Å². The Bertz CT molecular complexity index is 1390. The number of aromatic nitrogens is 4. The number of rotatable bonds is 1. The average Bonchev–Trinajstić information content (AvgIpc) is 3.18. The van der Waals surface area contributed by atoms with Crippen molar-refractivity contribution in [1.82, 2.24) is 19.9 Å². The summed E-state index contributed by atoms with van der Waals surface area (Å²) in [4.78, 5) is 17.8. The predicted octanol–water partition coefficient (Wildman–Crippen LogP) is 6.63. The minimum absolute atomic E-state index is 0.209. The number of phenolic OH excluding ortho intramolecular Hbond substituents is 1. The maximum absolute atomic E-state index is 11.1. The van der Waals surface area contributed by atoms with Gasteiger partial charge in [0.1, 0.15) is 11.6 Å². The Morgan fingerprint density at radius 1 is 0.750 bits per heavy atom. The number of hydrogen-bond acceptors (Lipinski definition) is 4.